The minimum absolute atomic E-state index is 0.310. The Morgan fingerprint density at radius 1 is 1.60 bits per heavy atom. The number of benzene rings is 1. The fraction of sp³-hybridized carbons (Fsp3) is 0.364. The van der Waals surface area contributed by atoms with Crippen molar-refractivity contribution < 1.29 is 14.3 Å². The molecular formula is C11H12BrFO2. The van der Waals surface area contributed by atoms with Crippen LogP contribution in [-0.4, -0.2) is 11.1 Å². The van der Waals surface area contributed by atoms with Gasteiger partial charge in [-0.2, -0.15) is 0 Å². The highest BCUT2D eigenvalue weighted by molar-refractivity contribution is 9.10. The molecule has 0 radical (unpaired) electrons. The second kappa shape index (κ2) is 5.26. The van der Waals surface area contributed by atoms with E-state index in [1.807, 2.05) is 0 Å². The molecule has 1 atom stereocenters. The molecule has 1 aromatic carbocycles. The van der Waals surface area contributed by atoms with E-state index in [2.05, 4.69) is 15.9 Å². The molecule has 0 saturated heterocycles. The number of carboxylic acid groups (broad SMARTS) is 1. The fourth-order valence-electron chi connectivity index (χ4n) is 1.24. The number of hydrogen-bond donors (Lipinski definition) is 1. The summed E-state index contributed by atoms with van der Waals surface area (Å²) in [5, 5.41) is 8.70. The molecule has 15 heavy (non-hydrogen) atoms. The summed E-state index contributed by atoms with van der Waals surface area (Å²) in [7, 11) is 0. The van der Waals surface area contributed by atoms with Crippen molar-refractivity contribution in [3.05, 3.63) is 34.1 Å². The smallest absolute Gasteiger partial charge is 0.306 e. The zero-order chi connectivity index (χ0) is 11.4. The largest absolute Gasteiger partial charge is 0.481 e. The van der Waals surface area contributed by atoms with Crippen molar-refractivity contribution >= 4 is 21.9 Å². The van der Waals surface area contributed by atoms with E-state index in [-0.39, 0.29) is 5.82 Å². The lowest BCUT2D eigenvalue weighted by Crippen LogP contribution is -2.10. The van der Waals surface area contributed by atoms with Gasteiger partial charge in [0.05, 0.1) is 10.4 Å². The molecule has 0 heterocycles. The van der Waals surface area contributed by atoms with Crippen molar-refractivity contribution in [1.82, 2.24) is 0 Å². The molecule has 0 amide bonds. The summed E-state index contributed by atoms with van der Waals surface area (Å²) in [6, 6.07) is 4.79. The third kappa shape index (κ3) is 3.30. The fourth-order valence-corrected chi connectivity index (χ4v) is 1.70. The first kappa shape index (κ1) is 12.2. The van der Waals surface area contributed by atoms with Crippen LogP contribution >= 0.6 is 15.9 Å². The zero-order valence-corrected chi connectivity index (χ0v) is 9.92. The van der Waals surface area contributed by atoms with Crippen molar-refractivity contribution in [2.45, 2.75) is 19.8 Å². The SMILES string of the molecule is CC(CCc1cccc(F)c1Br)C(=O)O. The molecule has 1 unspecified atom stereocenters. The Morgan fingerprint density at radius 3 is 2.87 bits per heavy atom. The number of aliphatic carboxylic acids is 1. The van der Waals surface area contributed by atoms with Gasteiger partial charge in [0, 0.05) is 0 Å². The molecule has 4 heteroatoms. The number of aryl methyl sites for hydroxylation is 1. The predicted octanol–water partition coefficient (Wildman–Crippen LogP) is 3.24. The Balaban J connectivity index is 2.66. The van der Waals surface area contributed by atoms with Gasteiger partial charge >= 0.3 is 5.97 Å². The second-order valence-electron chi connectivity index (χ2n) is 3.49. The summed E-state index contributed by atoms with van der Waals surface area (Å²) >= 11 is 3.14. The molecular weight excluding hydrogens is 263 g/mol. The van der Waals surface area contributed by atoms with Crippen molar-refractivity contribution in [3.8, 4) is 0 Å². The number of hydrogen-bond acceptors (Lipinski definition) is 1. The van der Waals surface area contributed by atoms with Crippen LogP contribution in [0.2, 0.25) is 0 Å². The summed E-state index contributed by atoms with van der Waals surface area (Å²) in [4.78, 5) is 10.6. The van der Waals surface area contributed by atoms with Crippen molar-refractivity contribution in [2.24, 2.45) is 5.92 Å². The second-order valence-corrected chi connectivity index (χ2v) is 4.28. The van der Waals surface area contributed by atoms with Crippen LogP contribution < -0.4 is 0 Å². The van der Waals surface area contributed by atoms with Gasteiger partial charge in [0.1, 0.15) is 5.82 Å². The molecule has 0 aliphatic heterocycles. The Morgan fingerprint density at radius 2 is 2.27 bits per heavy atom. The van der Waals surface area contributed by atoms with Crippen LogP contribution in [0.1, 0.15) is 18.9 Å². The van der Waals surface area contributed by atoms with Gasteiger partial charge in [-0.15, -0.1) is 0 Å². The van der Waals surface area contributed by atoms with E-state index >= 15 is 0 Å². The van der Waals surface area contributed by atoms with Gasteiger partial charge < -0.3 is 5.11 Å². The highest BCUT2D eigenvalue weighted by Crippen LogP contribution is 2.22. The number of halogens is 2. The average Bonchev–Trinajstić information content (AvgIpc) is 2.19. The average molecular weight is 275 g/mol. The van der Waals surface area contributed by atoms with E-state index < -0.39 is 11.9 Å². The van der Waals surface area contributed by atoms with E-state index in [1.165, 1.54) is 6.07 Å². The highest BCUT2D eigenvalue weighted by Gasteiger charge is 2.12. The minimum atomic E-state index is -0.817. The van der Waals surface area contributed by atoms with Gasteiger partial charge in [-0.25, -0.2) is 4.39 Å². The lowest BCUT2D eigenvalue weighted by Gasteiger charge is -2.07. The first-order chi connectivity index (χ1) is 7.02. The third-order valence-corrected chi connectivity index (χ3v) is 3.19. The maximum atomic E-state index is 13.1. The van der Waals surface area contributed by atoms with E-state index in [1.54, 1.807) is 19.1 Å². The monoisotopic (exact) mass is 274 g/mol. The van der Waals surface area contributed by atoms with Gasteiger partial charge in [0.25, 0.3) is 0 Å². The first-order valence-corrected chi connectivity index (χ1v) is 5.47. The zero-order valence-electron chi connectivity index (χ0n) is 8.34. The molecule has 1 rings (SSSR count). The first-order valence-electron chi connectivity index (χ1n) is 4.68. The quantitative estimate of drug-likeness (QED) is 0.915. The van der Waals surface area contributed by atoms with Crippen LogP contribution in [0, 0.1) is 11.7 Å². The van der Waals surface area contributed by atoms with Crippen LogP contribution in [0.5, 0.6) is 0 Å². The van der Waals surface area contributed by atoms with Crippen LogP contribution in [-0.2, 0) is 11.2 Å². The summed E-state index contributed by atoms with van der Waals surface area (Å²) in [6.07, 6.45) is 1.07. The van der Waals surface area contributed by atoms with E-state index in [0.29, 0.717) is 17.3 Å². The Hall–Kier alpha value is -0.900. The molecule has 0 aromatic heterocycles. The normalized spacial score (nSPS) is 12.5. The standard InChI is InChI=1S/C11H12BrFO2/c1-7(11(14)15)5-6-8-3-2-4-9(13)10(8)12/h2-4,7H,5-6H2,1H3,(H,14,15). The Bertz CT molecular complexity index is 366. The van der Waals surface area contributed by atoms with Crippen molar-refractivity contribution in [3.63, 3.8) is 0 Å². The van der Waals surface area contributed by atoms with Crippen LogP contribution in [0.25, 0.3) is 0 Å². The van der Waals surface area contributed by atoms with E-state index in [4.69, 9.17) is 5.11 Å². The summed E-state index contributed by atoms with van der Waals surface area (Å²) < 4.78 is 13.5. The molecule has 0 bridgehead atoms. The lowest BCUT2D eigenvalue weighted by atomic mass is 10.0. The molecule has 0 aliphatic rings. The maximum absolute atomic E-state index is 13.1. The topological polar surface area (TPSA) is 37.3 Å². The molecule has 0 spiro atoms. The van der Waals surface area contributed by atoms with Gasteiger partial charge in [-0.1, -0.05) is 19.1 Å². The van der Waals surface area contributed by atoms with Crippen LogP contribution in [0.4, 0.5) is 4.39 Å². The Kier molecular flexibility index (Phi) is 4.27. The third-order valence-electron chi connectivity index (χ3n) is 2.30. The summed E-state index contributed by atoms with van der Waals surface area (Å²) in [5.41, 5.74) is 0.808. The van der Waals surface area contributed by atoms with Gasteiger partial charge in [-0.3, -0.25) is 4.79 Å². The molecule has 0 fully saturated rings. The van der Waals surface area contributed by atoms with Crippen LogP contribution in [0.15, 0.2) is 22.7 Å². The molecule has 1 aromatic rings. The number of carboxylic acids is 1. The van der Waals surface area contributed by atoms with Gasteiger partial charge in [-0.05, 0) is 40.4 Å². The van der Waals surface area contributed by atoms with Crippen molar-refractivity contribution in [1.29, 1.82) is 0 Å². The molecule has 0 aliphatic carbocycles. The summed E-state index contributed by atoms with van der Waals surface area (Å²) in [6.45, 7) is 1.65. The maximum Gasteiger partial charge on any atom is 0.306 e. The van der Waals surface area contributed by atoms with E-state index in [0.717, 1.165) is 5.56 Å². The van der Waals surface area contributed by atoms with Gasteiger partial charge in [0.15, 0.2) is 0 Å². The molecule has 1 N–H and O–H groups in total. The molecule has 2 nitrogen and oxygen atoms in total. The number of rotatable bonds is 4. The molecule has 0 saturated carbocycles. The summed E-state index contributed by atoms with van der Waals surface area (Å²) in [5.74, 6) is -1.53. The predicted molar refractivity (Wildman–Crippen MR) is 59.2 cm³/mol. The van der Waals surface area contributed by atoms with E-state index in [9.17, 15) is 9.18 Å². The lowest BCUT2D eigenvalue weighted by molar-refractivity contribution is -0.141. The highest BCUT2D eigenvalue weighted by atomic mass is 79.9. The van der Waals surface area contributed by atoms with Crippen molar-refractivity contribution in [2.75, 3.05) is 0 Å². The minimum Gasteiger partial charge on any atom is -0.481 e. The number of carbonyl (C=O) groups is 1. The Labute approximate surface area is 96.2 Å². The van der Waals surface area contributed by atoms with Crippen LogP contribution in [0.3, 0.4) is 0 Å². The van der Waals surface area contributed by atoms with Gasteiger partial charge in [0.2, 0.25) is 0 Å². The molecule has 82 valence electrons.